The van der Waals surface area contributed by atoms with Gasteiger partial charge < -0.3 is 5.32 Å². The fourth-order valence-corrected chi connectivity index (χ4v) is 1.72. The van der Waals surface area contributed by atoms with Crippen molar-refractivity contribution in [1.29, 1.82) is 0 Å². The Hall–Kier alpha value is -2.23. The van der Waals surface area contributed by atoms with Crippen LogP contribution in [0.1, 0.15) is 21.6 Å². The summed E-state index contributed by atoms with van der Waals surface area (Å²) in [6.45, 7) is 2.41. The molecule has 0 saturated carbocycles. The lowest BCUT2D eigenvalue weighted by Gasteiger charge is -2.05. The molecular formula is C15H15FN2O. The molecule has 1 aromatic carbocycles. The number of rotatable bonds is 4. The summed E-state index contributed by atoms with van der Waals surface area (Å²) in [6, 6.07) is 9.85. The van der Waals surface area contributed by atoms with Crippen molar-refractivity contribution < 1.29 is 9.18 Å². The van der Waals surface area contributed by atoms with E-state index >= 15 is 0 Å². The summed E-state index contributed by atoms with van der Waals surface area (Å²) in [4.78, 5) is 15.8. The summed E-state index contributed by atoms with van der Waals surface area (Å²) in [6.07, 6.45) is 2.28. The van der Waals surface area contributed by atoms with E-state index in [1.807, 2.05) is 13.0 Å². The highest BCUT2D eigenvalue weighted by molar-refractivity contribution is 5.92. The van der Waals surface area contributed by atoms with Crippen LogP contribution in [-0.4, -0.2) is 17.4 Å². The minimum atomic E-state index is -0.253. The highest BCUT2D eigenvalue weighted by Crippen LogP contribution is 2.03. The topological polar surface area (TPSA) is 42.0 Å². The molecule has 0 bridgehead atoms. The molecule has 2 rings (SSSR count). The zero-order valence-corrected chi connectivity index (χ0v) is 10.7. The monoisotopic (exact) mass is 258 g/mol. The lowest BCUT2D eigenvalue weighted by molar-refractivity contribution is 0.0949. The fourth-order valence-electron chi connectivity index (χ4n) is 1.72. The van der Waals surface area contributed by atoms with Gasteiger partial charge in [0, 0.05) is 12.7 Å². The minimum absolute atomic E-state index is 0.189. The van der Waals surface area contributed by atoms with E-state index in [9.17, 15) is 9.18 Å². The van der Waals surface area contributed by atoms with Crippen molar-refractivity contribution in [3.63, 3.8) is 0 Å². The van der Waals surface area contributed by atoms with Gasteiger partial charge in [-0.2, -0.15) is 0 Å². The van der Waals surface area contributed by atoms with Crippen LogP contribution < -0.4 is 5.32 Å². The quantitative estimate of drug-likeness (QED) is 0.915. The van der Waals surface area contributed by atoms with Gasteiger partial charge in [-0.15, -0.1) is 0 Å². The number of pyridine rings is 1. The van der Waals surface area contributed by atoms with E-state index in [4.69, 9.17) is 0 Å². The van der Waals surface area contributed by atoms with Crippen LogP contribution in [0, 0.1) is 12.7 Å². The third-order valence-corrected chi connectivity index (χ3v) is 2.76. The van der Waals surface area contributed by atoms with Crippen LogP contribution in [0.15, 0.2) is 42.6 Å². The first-order chi connectivity index (χ1) is 9.15. The summed E-state index contributed by atoms with van der Waals surface area (Å²) >= 11 is 0. The van der Waals surface area contributed by atoms with Crippen LogP contribution in [0.25, 0.3) is 0 Å². The highest BCUT2D eigenvalue weighted by atomic mass is 19.1. The summed E-state index contributed by atoms with van der Waals surface area (Å²) in [5.41, 5.74) is 2.40. The first-order valence-corrected chi connectivity index (χ1v) is 6.10. The number of aromatic nitrogens is 1. The van der Waals surface area contributed by atoms with Gasteiger partial charge in [0.2, 0.25) is 0 Å². The SMILES string of the molecule is Cc1ccnc(C(=O)NCCc2ccc(F)cc2)c1. The second-order valence-electron chi connectivity index (χ2n) is 4.35. The van der Waals surface area contributed by atoms with Crippen LogP contribution in [-0.2, 0) is 6.42 Å². The first-order valence-electron chi connectivity index (χ1n) is 6.10. The highest BCUT2D eigenvalue weighted by Gasteiger charge is 2.06. The second-order valence-corrected chi connectivity index (χ2v) is 4.35. The number of hydrogen-bond acceptors (Lipinski definition) is 2. The smallest absolute Gasteiger partial charge is 0.269 e. The molecule has 98 valence electrons. The summed E-state index contributed by atoms with van der Waals surface area (Å²) in [5.74, 6) is -0.442. The first kappa shape index (κ1) is 13.2. The van der Waals surface area contributed by atoms with E-state index in [-0.39, 0.29) is 11.7 Å². The van der Waals surface area contributed by atoms with Crippen LogP contribution in [0.5, 0.6) is 0 Å². The predicted octanol–water partition coefficient (Wildman–Crippen LogP) is 2.50. The van der Waals surface area contributed by atoms with Crippen molar-refractivity contribution in [2.24, 2.45) is 0 Å². The molecule has 1 heterocycles. The molecule has 2 aromatic rings. The Morgan fingerprint density at radius 3 is 2.68 bits per heavy atom. The van der Waals surface area contributed by atoms with Gasteiger partial charge in [-0.3, -0.25) is 9.78 Å². The Morgan fingerprint density at radius 2 is 2.00 bits per heavy atom. The Kier molecular flexibility index (Phi) is 4.23. The van der Waals surface area contributed by atoms with Gasteiger partial charge in [0.05, 0.1) is 0 Å². The summed E-state index contributed by atoms with van der Waals surface area (Å²) < 4.78 is 12.7. The van der Waals surface area contributed by atoms with E-state index in [1.165, 1.54) is 12.1 Å². The maximum absolute atomic E-state index is 12.7. The summed E-state index contributed by atoms with van der Waals surface area (Å²) in [7, 11) is 0. The van der Waals surface area contributed by atoms with Gasteiger partial charge >= 0.3 is 0 Å². The molecule has 0 aliphatic heterocycles. The molecule has 0 unspecified atom stereocenters. The van der Waals surface area contributed by atoms with Gasteiger partial charge in [0.15, 0.2) is 0 Å². The Morgan fingerprint density at radius 1 is 1.26 bits per heavy atom. The molecule has 0 fully saturated rings. The van der Waals surface area contributed by atoms with Gasteiger partial charge in [0.1, 0.15) is 11.5 Å². The van der Waals surface area contributed by atoms with Gasteiger partial charge in [0.25, 0.3) is 5.91 Å². The lowest BCUT2D eigenvalue weighted by Crippen LogP contribution is -2.26. The molecule has 1 amide bonds. The standard InChI is InChI=1S/C15H15FN2O/c1-11-6-8-17-14(10-11)15(19)18-9-7-12-2-4-13(16)5-3-12/h2-6,8,10H,7,9H2,1H3,(H,18,19). The lowest BCUT2D eigenvalue weighted by atomic mass is 10.1. The van der Waals surface area contributed by atoms with E-state index in [0.717, 1.165) is 11.1 Å². The normalized spacial score (nSPS) is 10.2. The van der Waals surface area contributed by atoms with Gasteiger partial charge in [-0.25, -0.2) is 4.39 Å². The number of benzene rings is 1. The van der Waals surface area contributed by atoms with Crippen molar-refractivity contribution in [3.05, 3.63) is 65.2 Å². The molecule has 1 N–H and O–H groups in total. The molecule has 0 radical (unpaired) electrons. The van der Waals surface area contributed by atoms with Crippen molar-refractivity contribution in [3.8, 4) is 0 Å². The van der Waals surface area contributed by atoms with Crippen LogP contribution in [0.4, 0.5) is 4.39 Å². The second kappa shape index (κ2) is 6.09. The zero-order chi connectivity index (χ0) is 13.7. The summed E-state index contributed by atoms with van der Waals surface area (Å²) in [5, 5.41) is 2.79. The maximum atomic E-state index is 12.7. The number of nitrogens with one attached hydrogen (secondary N) is 1. The maximum Gasteiger partial charge on any atom is 0.269 e. The zero-order valence-electron chi connectivity index (χ0n) is 10.7. The van der Waals surface area contributed by atoms with E-state index < -0.39 is 0 Å². The van der Waals surface area contributed by atoms with E-state index in [0.29, 0.717) is 18.7 Å². The van der Waals surface area contributed by atoms with Crippen LogP contribution >= 0.6 is 0 Å². The van der Waals surface area contributed by atoms with Crippen molar-refractivity contribution in [1.82, 2.24) is 10.3 Å². The number of carbonyl (C=O) groups excluding carboxylic acids is 1. The molecule has 19 heavy (non-hydrogen) atoms. The average Bonchev–Trinajstić information content (AvgIpc) is 2.41. The Labute approximate surface area is 111 Å². The van der Waals surface area contributed by atoms with Crippen molar-refractivity contribution >= 4 is 5.91 Å². The van der Waals surface area contributed by atoms with Crippen LogP contribution in [0.2, 0.25) is 0 Å². The number of carbonyl (C=O) groups is 1. The van der Waals surface area contributed by atoms with Crippen LogP contribution in [0.3, 0.4) is 0 Å². The van der Waals surface area contributed by atoms with E-state index in [1.54, 1.807) is 24.4 Å². The molecule has 4 heteroatoms. The number of amides is 1. The third-order valence-electron chi connectivity index (χ3n) is 2.76. The Balaban J connectivity index is 1.86. The van der Waals surface area contributed by atoms with Gasteiger partial charge in [-0.05, 0) is 48.7 Å². The average molecular weight is 258 g/mol. The predicted molar refractivity (Wildman–Crippen MR) is 71.4 cm³/mol. The largest absolute Gasteiger partial charge is 0.350 e. The molecule has 0 aliphatic rings. The molecule has 0 saturated heterocycles. The number of halogens is 1. The van der Waals surface area contributed by atoms with Crippen molar-refractivity contribution in [2.45, 2.75) is 13.3 Å². The third kappa shape index (κ3) is 3.88. The number of hydrogen-bond donors (Lipinski definition) is 1. The molecule has 0 atom stereocenters. The fraction of sp³-hybridized carbons (Fsp3) is 0.200. The van der Waals surface area contributed by atoms with E-state index in [2.05, 4.69) is 10.3 Å². The number of aryl methyl sites for hydroxylation is 1. The molecule has 0 aliphatic carbocycles. The Bertz CT molecular complexity index is 567. The van der Waals surface area contributed by atoms with Gasteiger partial charge in [-0.1, -0.05) is 12.1 Å². The minimum Gasteiger partial charge on any atom is -0.350 e. The molecular weight excluding hydrogens is 243 g/mol. The molecule has 0 spiro atoms. The molecule has 3 nitrogen and oxygen atoms in total. The molecule has 1 aromatic heterocycles. The van der Waals surface area contributed by atoms with Crippen molar-refractivity contribution in [2.75, 3.05) is 6.54 Å². The number of nitrogens with zero attached hydrogens (tertiary/aromatic N) is 1.